The molecule has 4 N–H and O–H groups in total. The molecule has 4 rings (SSSR count). The number of pyridine rings is 1. The number of amides is 2. The second-order valence-electron chi connectivity index (χ2n) is 26.3. The first-order chi connectivity index (χ1) is 56.3. The molecular formula is C79H128N3O33S+. The molecule has 0 spiro atoms. The van der Waals surface area contributed by atoms with Crippen molar-refractivity contribution in [1.82, 2.24) is 10.6 Å². The molecule has 0 aliphatic carbocycles. The minimum atomic E-state index is -4.48. The summed E-state index contributed by atoms with van der Waals surface area (Å²) in [5.74, 6) is -2.57. The number of aryl methyl sites for hydroxylation is 3. The lowest BCUT2D eigenvalue weighted by atomic mass is 10.0. The van der Waals surface area contributed by atoms with Gasteiger partial charge in [0, 0.05) is 107 Å². The second kappa shape index (κ2) is 63.8. The molecule has 1 aromatic heterocycles. The van der Waals surface area contributed by atoms with Gasteiger partial charge in [-0.2, -0.15) is 13.0 Å². The largest absolute Gasteiger partial charge is 0.486 e. The van der Waals surface area contributed by atoms with Gasteiger partial charge >= 0.3 is 11.9 Å². The summed E-state index contributed by atoms with van der Waals surface area (Å²) in [6.45, 7) is 9.97. The number of aromatic nitrogens is 1. The van der Waals surface area contributed by atoms with Gasteiger partial charge in [-0.1, -0.05) is 0 Å². The molecule has 3 aromatic carbocycles. The van der Waals surface area contributed by atoms with Crippen LogP contribution >= 0.6 is 0 Å². The fraction of sp³-hybridized carbons (Fsp3) is 0.709. The number of carbonyl (C=O) groups excluding carboxylic acids is 3. The monoisotopic (exact) mass is 1680 g/mol. The Bertz CT molecular complexity index is 3150. The SMILES string of the molecule is COCCOCC(COCCOC)OCC(COC(COCCOC)COCCOC)Oc1ccc2c(c1)c(C(=O)Oc1c(C)cc(C(=O)NCCOCCOCCNC(=O)CCCC(=O)O)cc1C)c1cc(OC(COC(COCCOC)COCCOC)COC(COCCOC)COCCOC)ccc1[n+]2CCCS(=O)(=O)O. The number of nitrogens with zero attached hydrogens (tertiary/aromatic N) is 1. The van der Waals surface area contributed by atoms with Crippen molar-refractivity contribution in [2.45, 2.75) is 82.7 Å². The Kier molecular flexibility index (Phi) is 56.2. The zero-order valence-corrected chi connectivity index (χ0v) is 70.1. The number of hydrogen-bond acceptors (Lipinski definition) is 31. The second-order valence-corrected chi connectivity index (χ2v) is 27.8. The summed E-state index contributed by atoms with van der Waals surface area (Å²) in [6, 6.07) is 13.3. The number of carboxylic acid groups (broad SMARTS) is 1. The molecular weight excluding hydrogens is 1550 g/mol. The Morgan fingerprint density at radius 1 is 0.405 bits per heavy atom. The van der Waals surface area contributed by atoms with Crippen LogP contribution in [0.2, 0.25) is 0 Å². The van der Waals surface area contributed by atoms with Gasteiger partial charge in [-0.3, -0.25) is 18.9 Å². The number of carbonyl (C=O) groups is 4. The molecule has 116 heavy (non-hydrogen) atoms. The average Bonchev–Trinajstić information content (AvgIpc) is 0.738. The highest BCUT2D eigenvalue weighted by atomic mass is 32.2. The smallest absolute Gasteiger partial charge is 0.345 e. The zero-order chi connectivity index (χ0) is 84.2. The molecule has 0 unspecified atom stereocenters. The number of fused-ring (bicyclic) bond motifs is 2. The molecule has 0 aliphatic heterocycles. The van der Waals surface area contributed by atoms with E-state index in [0.717, 1.165) is 0 Å². The van der Waals surface area contributed by atoms with Crippen LogP contribution in [0, 0.1) is 13.8 Å². The third-order valence-corrected chi connectivity index (χ3v) is 17.6. The summed E-state index contributed by atoms with van der Waals surface area (Å²) in [4.78, 5) is 52.5. The molecule has 36 nitrogen and oxygen atoms in total. The van der Waals surface area contributed by atoms with E-state index in [0.29, 0.717) is 75.0 Å². The highest BCUT2D eigenvalue weighted by Gasteiger charge is 2.31. The highest BCUT2D eigenvalue weighted by Crippen LogP contribution is 2.34. The first-order valence-corrected chi connectivity index (χ1v) is 40.4. The maximum absolute atomic E-state index is 16.0. The number of esters is 1. The summed E-state index contributed by atoms with van der Waals surface area (Å²) >= 11 is 0. The number of carboxylic acids is 1. The van der Waals surface area contributed by atoms with Crippen molar-refractivity contribution in [3.05, 3.63) is 70.8 Å². The van der Waals surface area contributed by atoms with Gasteiger partial charge in [0.1, 0.15) is 53.9 Å². The Morgan fingerprint density at radius 3 is 1.07 bits per heavy atom. The molecule has 0 saturated heterocycles. The normalized spacial score (nSPS) is 12.0. The van der Waals surface area contributed by atoms with Gasteiger partial charge in [0.25, 0.3) is 16.0 Å². The van der Waals surface area contributed by atoms with Gasteiger partial charge in [0.15, 0.2) is 6.54 Å². The average molecular weight is 1680 g/mol. The van der Waals surface area contributed by atoms with E-state index in [9.17, 15) is 27.4 Å². The van der Waals surface area contributed by atoms with E-state index >= 15 is 4.79 Å². The van der Waals surface area contributed by atoms with Crippen LogP contribution in [0.25, 0.3) is 21.8 Å². The molecule has 37 heteroatoms. The van der Waals surface area contributed by atoms with E-state index in [1.54, 1.807) is 119 Å². The van der Waals surface area contributed by atoms with Crippen LogP contribution in [0.4, 0.5) is 0 Å². The van der Waals surface area contributed by atoms with Crippen LogP contribution in [-0.4, -0.2) is 366 Å². The summed E-state index contributed by atoms with van der Waals surface area (Å²) in [5.41, 5.74) is 1.94. The lowest BCUT2D eigenvalue weighted by Crippen LogP contribution is -2.38. The first-order valence-electron chi connectivity index (χ1n) is 38.8. The minimum absolute atomic E-state index is 0.00120. The molecule has 662 valence electrons. The number of aliphatic carboxylic acids is 1. The molecule has 1 heterocycles. The van der Waals surface area contributed by atoms with Crippen molar-refractivity contribution in [2.75, 3.05) is 287 Å². The number of rotatable bonds is 76. The molecule has 0 radical (unpaired) electrons. The Labute approximate surface area is 681 Å². The van der Waals surface area contributed by atoms with Gasteiger partial charge in [0.2, 0.25) is 16.9 Å². The Balaban J connectivity index is 1.96. The molecule has 0 bridgehead atoms. The zero-order valence-electron chi connectivity index (χ0n) is 69.3. The quantitative estimate of drug-likeness (QED) is 0.0122. The maximum Gasteiger partial charge on any atom is 0.345 e. The molecule has 4 aromatic rings. The van der Waals surface area contributed by atoms with Gasteiger partial charge in [-0.15, -0.1) is 0 Å². The molecule has 2 amide bonds. The minimum Gasteiger partial charge on any atom is -0.486 e. The van der Waals surface area contributed by atoms with Crippen LogP contribution < -0.4 is 29.4 Å². The van der Waals surface area contributed by atoms with Crippen molar-refractivity contribution in [3.8, 4) is 17.2 Å². The number of ether oxygens (including phenoxy) is 25. The van der Waals surface area contributed by atoms with E-state index in [1.165, 1.54) is 0 Å². The van der Waals surface area contributed by atoms with Crippen molar-refractivity contribution >= 4 is 55.7 Å². The Morgan fingerprint density at radius 2 is 0.741 bits per heavy atom. The molecule has 0 fully saturated rings. The van der Waals surface area contributed by atoms with Crippen LogP contribution in [0.5, 0.6) is 17.2 Å². The number of hydrogen-bond donors (Lipinski definition) is 4. The molecule has 0 atom stereocenters. The fourth-order valence-corrected chi connectivity index (χ4v) is 11.5. The van der Waals surface area contributed by atoms with Gasteiger partial charge in [-0.25, -0.2) is 4.79 Å². The molecule has 0 aliphatic rings. The van der Waals surface area contributed by atoms with Crippen molar-refractivity contribution in [3.63, 3.8) is 0 Å². The topological polar surface area (TPSA) is 402 Å². The summed E-state index contributed by atoms with van der Waals surface area (Å²) in [6.07, 6.45) is -4.15. The van der Waals surface area contributed by atoms with Crippen LogP contribution in [0.3, 0.4) is 0 Å². The predicted octanol–water partition coefficient (Wildman–Crippen LogP) is 3.87. The van der Waals surface area contributed by atoms with E-state index in [1.807, 2.05) is 4.57 Å². The number of methoxy groups -OCH3 is 8. The maximum atomic E-state index is 16.0. The van der Waals surface area contributed by atoms with Crippen LogP contribution in [0.15, 0.2) is 48.5 Å². The van der Waals surface area contributed by atoms with E-state index < -0.39 is 70.3 Å². The first kappa shape index (κ1) is 102. The van der Waals surface area contributed by atoms with Crippen molar-refractivity contribution in [1.29, 1.82) is 0 Å². The summed E-state index contributed by atoms with van der Waals surface area (Å²) in [7, 11) is 8.08. The fourth-order valence-electron chi connectivity index (χ4n) is 11.0. The van der Waals surface area contributed by atoms with Crippen LogP contribution in [-0.2, 0) is 130 Å². The van der Waals surface area contributed by atoms with E-state index in [-0.39, 0.29) is 249 Å². The van der Waals surface area contributed by atoms with Crippen LogP contribution in [0.1, 0.15) is 57.5 Å². The standard InChI is InChI=1S/C79H127N3O33S/c1-59-43-61(78(86)81-20-23-100-41-40-99-22-19-80-74(83)13-11-14-75(84)85)44-60(2)77(59)115-79(87)76-70-45-62(113-68(55-109-64(47-101-32-24-91-3)48-102-33-25-92-4)56-110-65(49-103-34-26-93-5)50-104-35-27-94-6)15-17-72(70)82(21-12-42-116(88,89)90)73-18-16-63(46-71(73)76)114-69(57-111-66(51-105-36-28-95-7)52-106-37-29-96-8)58-112-67(53-107-38-30-97-9)54-108-39-31-98-10/h15-18,43-46,64-69H,11-14,19-42,47-58H2,1-10H3,(H3-,80,81,83,84,85,86,88,89,90)/p+1. The third-order valence-electron chi connectivity index (χ3n) is 16.8. The van der Waals surface area contributed by atoms with Crippen molar-refractivity contribution < 1.29 is 160 Å². The lowest BCUT2D eigenvalue weighted by molar-refractivity contribution is -0.645. The highest BCUT2D eigenvalue weighted by molar-refractivity contribution is 7.85. The number of benzene rings is 3. The Hall–Kier alpha value is -6.16. The molecule has 0 saturated carbocycles. The lowest BCUT2D eigenvalue weighted by Gasteiger charge is -2.26. The van der Waals surface area contributed by atoms with E-state index in [2.05, 4.69) is 10.6 Å². The summed E-state index contributed by atoms with van der Waals surface area (Å²) in [5, 5.41) is 14.9. The van der Waals surface area contributed by atoms with Gasteiger partial charge in [-0.05, 0) is 67.8 Å². The van der Waals surface area contributed by atoms with E-state index in [4.69, 9.17) is 124 Å². The van der Waals surface area contributed by atoms with Crippen molar-refractivity contribution in [2.24, 2.45) is 0 Å². The summed E-state index contributed by atoms with van der Waals surface area (Å²) < 4.78 is 184. The van der Waals surface area contributed by atoms with Gasteiger partial charge < -0.3 is 134 Å². The third kappa shape index (κ3) is 44.8. The number of nitrogens with one attached hydrogen (secondary N) is 2. The predicted molar refractivity (Wildman–Crippen MR) is 421 cm³/mol. The van der Waals surface area contributed by atoms with Gasteiger partial charge in [0.05, 0.1) is 234 Å².